The minimum absolute atomic E-state index is 0.0521. The maximum atomic E-state index is 13.1. The Morgan fingerprint density at radius 2 is 2.25 bits per heavy atom. The largest absolute Gasteiger partial charge is 0.369 e. The summed E-state index contributed by atoms with van der Waals surface area (Å²) in [4.78, 5) is 19.3. The molecule has 2 atom stereocenters. The van der Waals surface area contributed by atoms with Gasteiger partial charge in [0, 0.05) is 37.5 Å². The number of carbonyl (C=O) groups excluding carboxylic acids is 1. The van der Waals surface area contributed by atoms with E-state index in [9.17, 15) is 4.79 Å². The highest BCUT2D eigenvalue weighted by Gasteiger charge is 2.32. The van der Waals surface area contributed by atoms with Crippen molar-refractivity contribution in [2.45, 2.75) is 58.9 Å². The standard InChI is InChI=1S/C17H25N5O2/c1-10(2)22(9-14-18-6-7-21(14)5)17(23)16-13-8-11(3)24-12(4)15(13)19-20-16/h6-7,10-12H,8-9H2,1-5H3,(H,19,20)/t11-,12+/m0/s1. The van der Waals surface area contributed by atoms with Crippen molar-refractivity contribution in [3.05, 3.63) is 35.2 Å². The molecule has 0 spiro atoms. The second kappa shape index (κ2) is 6.39. The van der Waals surface area contributed by atoms with Crippen molar-refractivity contribution in [1.29, 1.82) is 0 Å². The Morgan fingerprint density at radius 3 is 2.88 bits per heavy atom. The zero-order valence-corrected chi connectivity index (χ0v) is 14.9. The molecule has 0 aromatic carbocycles. The minimum Gasteiger partial charge on any atom is -0.369 e. The van der Waals surface area contributed by atoms with Crippen molar-refractivity contribution in [1.82, 2.24) is 24.6 Å². The van der Waals surface area contributed by atoms with E-state index in [1.54, 1.807) is 6.20 Å². The van der Waals surface area contributed by atoms with Crippen LogP contribution in [0.1, 0.15) is 61.4 Å². The summed E-state index contributed by atoms with van der Waals surface area (Å²) in [6.07, 6.45) is 4.34. The van der Waals surface area contributed by atoms with Gasteiger partial charge in [-0.3, -0.25) is 9.89 Å². The van der Waals surface area contributed by atoms with Crippen LogP contribution < -0.4 is 0 Å². The maximum Gasteiger partial charge on any atom is 0.275 e. The molecule has 1 aliphatic heterocycles. The molecule has 3 rings (SSSR count). The van der Waals surface area contributed by atoms with Gasteiger partial charge in [-0.05, 0) is 27.7 Å². The zero-order chi connectivity index (χ0) is 17.4. The number of aryl methyl sites for hydroxylation is 1. The first kappa shape index (κ1) is 16.7. The summed E-state index contributed by atoms with van der Waals surface area (Å²) >= 11 is 0. The van der Waals surface area contributed by atoms with E-state index in [1.165, 1.54) is 0 Å². The van der Waals surface area contributed by atoms with E-state index >= 15 is 0 Å². The van der Waals surface area contributed by atoms with Gasteiger partial charge in [0.15, 0.2) is 5.69 Å². The van der Waals surface area contributed by atoms with Crippen LogP contribution in [0.15, 0.2) is 12.4 Å². The van der Waals surface area contributed by atoms with Gasteiger partial charge in [-0.1, -0.05) is 0 Å². The van der Waals surface area contributed by atoms with Crippen LogP contribution in [0, 0.1) is 0 Å². The van der Waals surface area contributed by atoms with E-state index in [4.69, 9.17) is 4.74 Å². The second-order valence-electron chi connectivity index (χ2n) is 6.74. The number of H-pyrrole nitrogens is 1. The molecule has 3 heterocycles. The van der Waals surface area contributed by atoms with Gasteiger partial charge in [0.25, 0.3) is 5.91 Å². The molecule has 0 saturated heterocycles. The van der Waals surface area contributed by atoms with Crippen molar-refractivity contribution < 1.29 is 9.53 Å². The summed E-state index contributed by atoms with van der Waals surface area (Å²) in [5.74, 6) is 0.790. The number of aromatic amines is 1. The zero-order valence-electron chi connectivity index (χ0n) is 14.9. The number of amides is 1. The first-order valence-electron chi connectivity index (χ1n) is 8.38. The lowest BCUT2D eigenvalue weighted by molar-refractivity contribution is -0.00703. The first-order valence-corrected chi connectivity index (χ1v) is 8.38. The summed E-state index contributed by atoms with van der Waals surface area (Å²) in [6.45, 7) is 8.48. The van der Waals surface area contributed by atoms with E-state index in [0.29, 0.717) is 18.7 Å². The van der Waals surface area contributed by atoms with E-state index < -0.39 is 0 Å². The molecule has 0 unspecified atom stereocenters. The first-order chi connectivity index (χ1) is 11.4. The number of imidazole rings is 1. The number of ether oxygens (including phenoxy) is 1. The molecule has 130 valence electrons. The van der Waals surface area contributed by atoms with E-state index in [-0.39, 0.29) is 24.2 Å². The fraction of sp³-hybridized carbons (Fsp3) is 0.588. The topological polar surface area (TPSA) is 76.0 Å². The van der Waals surface area contributed by atoms with Crippen LogP contribution >= 0.6 is 0 Å². The van der Waals surface area contributed by atoms with Crippen LogP contribution in [0.3, 0.4) is 0 Å². The van der Waals surface area contributed by atoms with Crippen molar-refractivity contribution in [3.8, 4) is 0 Å². The fourth-order valence-electron chi connectivity index (χ4n) is 3.18. The number of nitrogens with one attached hydrogen (secondary N) is 1. The molecule has 0 saturated carbocycles. The molecule has 1 amide bonds. The third kappa shape index (κ3) is 2.96. The van der Waals surface area contributed by atoms with Gasteiger partial charge in [0.2, 0.25) is 0 Å². The molecule has 2 aromatic heterocycles. The third-order valence-electron chi connectivity index (χ3n) is 4.55. The molecule has 0 fully saturated rings. The van der Waals surface area contributed by atoms with E-state index in [1.807, 2.05) is 50.4 Å². The van der Waals surface area contributed by atoms with Crippen molar-refractivity contribution in [2.24, 2.45) is 7.05 Å². The predicted molar refractivity (Wildman–Crippen MR) is 89.5 cm³/mol. The third-order valence-corrected chi connectivity index (χ3v) is 4.55. The van der Waals surface area contributed by atoms with Crippen molar-refractivity contribution in [2.75, 3.05) is 0 Å². The Morgan fingerprint density at radius 1 is 1.50 bits per heavy atom. The van der Waals surface area contributed by atoms with E-state index in [0.717, 1.165) is 17.1 Å². The number of aromatic nitrogens is 4. The SMILES string of the molecule is CC(C)N(Cc1nccn1C)C(=O)c1n[nH]c2c1C[C@H](C)O[C@@H]2C. The second-order valence-corrected chi connectivity index (χ2v) is 6.74. The number of hydrogen-bond acceptors (Lipinski definition) is 4. The highest BCUT2D eigenvalue weighted by atomic mass is 16.5. The molecule has 0 radical (unpaired) electrons. The lowest BCUT2D eigenvalue weighted by Gasteiger charge is -2.28. The molecule has 1 N–H and O–H groups in total. The number of nitrogens with zero attached hydrogens (tertiary/aromatic N) is 4. The molecular weight excluding hydrogens is 306 g/mol. The van der Waals surface area contributed by atoms with Gasteiger partial charge in [0.1, 0.15) is 5.82 Å². The van der Waals surface area contributed by atoms with Gasteiger partial charge in [0.05, 0.1) is 24.4 Å². The van der Waals surface area contributed by atoms with Crippen molar-refractivity contribution >= 4 is 5.91 Å². The summed E-state index contributed by atoms with van der Waals surface area (Å²) in [5, 5.41) is 7.31. The molecule has 0 bridgehead atoms. The van der Waals surface area contributed by atoms with Gasteiger partial charge in [-0.25, -0.2) is 4.98 Å². The lowest BCUT2D eigenvalue weighted by Crippen LogP contribution is -2.38. The van der Waals surface area contributed by atoms with Crippen LogP contribution in [-0.4, -0.2) is 42.7 Å². The Kier molecular flexibility index (Phi) is 4.45. The van der Waals surface area contributed by atoms with Gasteiger partial charge < -0.3 is 14.2 Å². The molecule has 1 aliphatic rings. The van der Waals surface area contributed by atoms with Crippen molar-refractivity contribution in [3.63, 3.8) is 0 Å². The Bertz CT molecular complexity index is 733. The molecule has 7 nitrogen and oxygen atoms in total. The summed E-state index contributed by atoms with van der Waals surface area (Å²) in [7, 11) is 1.93. The number of fused-ring (bicyclic) bond motifs is 1. The molecule has 24 heavy (non-hydrogen) atoms. The van der Waals surface area contributed by atoms with Crippen LogP contribution in [0.2, 0.25) is 0 Å². The molecule has 7 heteroatoms. The average molecular weight is 331 g/mol. The number of carbonyl (C=O) groups is 1. The highest BCUT2D eigenvalue weighted by molar-refractivity contribution is 5.94. The summed E-state index contributed by atoms with van der Waals surface area (Å²) < 4.78 is 7.74. The summed E-state index contributed by atoms with van der Waals surface area (Å²) in [6, 6.07) is 0.0521. The summed E-state index contributed by atoms with van der Waals surface area (Å²) in [5.41, 5.74) is 2.41. The average Bonchev–Trinajstić information content (AvgIpc) is 3.10. The highest BCUT2D eigenvalue weighted by Crippen LogP contribution is 2.31. The Hall–Kier alpha value is -2.15. The molecular formula is C17H25N5O2. The fourth-order valence-corrected chi connectivity index (χ4v) is 3.18. The van der Waals surface area contributed by atoms with Gasteiger partial charge in [-0.15, -0.1) is 0 Å². The van der Waals surface area contributed by atoms with Crippen LogP contribution in [-0.2, 0) is 24.8 Å². The normalized spacial score (nSPS) is 20.2. The number of rotatable bonds is 4. The van der Waals surface area contributed by atoms with Crippen LogP contribution in [0.4, 0.5) is 0 Å². The monoisotopic (exact) mass is 331 g/mol. The maximum absolute atomic E-state index is 13.1. The molecule has 2 aromatic rings. The Balaban J connectivity index is 1.90. The predicted octanol–water partition coefficient (Wildman–Crippen LogP) is 2.22. The van der Waals surface area contributed by atoms with Crippen LogP contribution in [0.25, 0.3) is 0 Å². The lowest BCUT2D eigenvalue weighted by atomic mass is 9.99. The number of hydrogen-bond donors (Lipinski definition) is 1. The van der Waals surface area contributed by atoms with Crippen LogP contribution in [0.5, 0.6) is 0 Å². The van der Waals surface area contributed by atoms with Gasteiger partial charge >= 0.3 is 0 Å². The molecule has 0 aliphatic carbocycles. The quantitative estimate of drug-likeness (QED) is 0.932. The van der Waals surface area contributed by atoms with Gasteiger partial charge in [-0.2, -0.15) is 5.10 Å². The smallest absolute Gasteiger partial charge is 0.275 e. The van der Waals surface area contributed by atoms with E-state index in [2.05, 4.69) is 15.2 Å². The Labute approximate surface area is 142 Å². The minimum atomic E-state index is -0.0696.